The average molecular weight is 435 g/mol. The Morgan fingerprint density at radius 2 is 1.93 bits per heavy atom. The minimum absolute atomic E-state index is 0.00543. The molecule has 2 aromatic heterocycles. The Hall–Kier alpha value is -2.81. The van der Waals surface area contributed by atoms with E-state index in [-0.39, 0.29) is 28.3 Å². The summed E-state index contributed by atoms with van der Waals surface area (Å²) >= 11 is 0.825. The number of rotatable bonds is 7. The fourth-order valence-electron chi connectivity index (χ4n) is 2.64. The van der Waals surface area contributed by atoms with Crippen molar-refractivity contribution in [2.24, 2.45) is 0 Å². The van der Waals surface area contributed by atoms with E-state index in [9.17, 15) is 18.0 Å². The van der Waals surface area contributed by atoms with Crippen LogP contribution in [0.5, 0.6) is 0 Å². The summed E-state index contributed by atoms with van der Waals surface area (Å²) in [5.74, 6) is 0.116. The molecule has 0 aliphatic rings. The van der Waals surface area contributed by atoms with Gasteiger partial charge in [0.1, 0.15) is 11.4 Å². The first kappa shape index (κ1) is 21.9. The molecule has 0 bridgehead atoms. The lowest BCUT2D eigenvalue weighted by Crippen LogP contribution is -2.15. The van der Waals surface area contributed by atoms with E-state index in [0.717, 1.165) is 24.2 Å². The highest BCUT2D eigenvalue weighted by Gasteiger charge is 2.34. The zero-order chi connectivity index (χ0) is 21.7. The minimum Gasteiger partial charge on any atom is -0.463 e. The quantitative estimate of drug-likeness (QED) is 0.364. The van der Waals surface area contributed by atoms with Crippen LogP contribution in [0.15, 0.2) is 58.3 Å². The zero-order valence-corrected chi connectivity index (χ0v) is 17.2. The number of nitrogens with zero attached hydrogens (tertiary/aromatic N) is 2. The summed E-state index contributed by atoms with van der Waals surface area (Å²) in [5.41, 5.74) is 0.708. The standard InChI is InChI=1S/C21H20F3N3O2S/c1-3-13(2)14-6-8-15(9-7-14)25-19(28)12-30-20-26-16(17-5-4-10-29-17)11-18(27-20)21(22,23)24/h4-11,13H,3,12H2,1-2H3,(H,25,28). The van der Waals surface area contributed by atoms with Gasteiger partial charge in [-0.25, -0.2) is 9.97 Å². The van der Waals surface area contributed by atoms with Crippen LogP contribution < -0.4 is 5.32 Å². The summed E-state index contributed by atoms with van der Waals surface area (Å²) in [6.07, 6.45) is -2.28. The van der Waals surface area contributed by atoms with Crippen LogP contribution in [-0.2, 0) is 11.0 Å². The van der Waals surface area contributed by atoms with Gasteiger partial charge in [0, 0.05) is 5.69 Å². The number of alkyl halides is 3. The van der Waals surface area contributed by atoms with Crippen LogP contribution in [0.4, 0.5) is 18.9 Å². The third-order valence-corrected chi connectivity index (χ3v) is 5.33. The van der Waals surface area contributed by atoms with Gasteiger partial charge in [-0.15, -0.1) is 0 Å². The SMILES string of the molecule is CCC(C)c1ccc(NC(=O)CSc2nc(-c3ccco3)cc(C(F)(F)F)n2)cc1. The van der Waals surface area contributed by atoms with Crippen LogP contribution in [0, 0.1) is 0 Å². The summed E-state index contributed by atoms with van der Waals surface area (Å²) in [4.78, 5) is 19.9. The molecule has 1 N–H and O–H groups in total. The van der Waals surface area contributed by atoms with Crippen LogP contribution >= 0.6 is 11.8 Å². The number of halogens is 3. The van der Waals surface area contributed by atoms with Gasteiger partial charge < -0.3 is 9.73 Å². The van der Waals surface area contributed by atoms with Crippen molar-refractivity contribution in [1.82, 2.24) is 9.97 Å². The molecule has 5 nitrogen and oxygen atoms in total. The van der Waals surface area contributed by atoms with E-state index in [0.29, 0.717) is 11.6 Å². The number of hydrogen-bond donors (Lipinski definition) is 1. The molecule has 0 saturated carbocycles. The molecular weight excluding hydrogens is 415 g/mol. The minimum atomic E-state index is -4.64. The monoisotopic (exact) mass is 435 g/mol. The van der Waals surface area contributed by atoms with E-state index in [2.05, 4.69) is 29.1 Å². The lowest BCUT2D eigenvalue weighted by Gasteiger charge is -2.11. The van der Waals surface area contributed by atoms with Crippen molar-refractivity contribution in [1.29, 1.82) is 0 Å². The summed E-state index contributed by atoms with van der Waals surface area (Å²) in [6.45, 7) is 4.22. The van der Waals surface area contributed by atoms with Crippen LogP contribution in [0.25, 0.3) is 11.5 Å². The molecule has 0 radical (unpaired) electrons. The molecule has 0 spiro atoms. The fraction of sp³-hybridized carbons (Fsp3) is 0.286. The molecule has 1 unspecified atom stereocenters. The molecule has 0 aliphatic heterocycles. The second kappa shape index (κ2) is 9.34. The lowest BCUT2D eigenvalue weighted by molar-refractivity contribution is -0.141. The molecule has 2 heterocycles. The van der Waals surface area contributed by atoms with Gasteiger partial charge in [0.15, 0.2) is 10.9 Å². The molecule has 1 aromatic carbocycles. The highest BCUT2D eigenvalue weighted by Crippen LogP contribution is 2.32. The van der Waals surface area contributed by atoms with E-state index in [1.54, 1.807) is 18.2 Å². The second-order valence-corrected chi connectivity index (χ2v) is 7.61. The third-order valence-electron chi connectivity index (χ3n) is 4.48. The van der Waals surface area contributed by atoms with Crippen LogP contribution in [0.3, 0.4) is 0 Å². The topological polar surface area (TPSA) is 68.0 Å². The molecule has 0 aliphatic carbocycles. The number of amides is 1. The van der Waals surface area contributed by atoms with E-state index in [1.807, 2.05) is 12.1 Å². The third kappa shape index (κ3) is 5.63. The predicted molar refractivity (Wildman–Crippen MR) is 109 cm³/mol. The number of hydrogen-bond acceptors (Lipinski definition) is 5. The molecule has 1 atom stereocenters. The van der Waals surface area contributed by atoms with Gasteiger partial charge in [0.2, 0.25) is 5.91 Å². The Morgan fingerprint density at radius 3 is 2.53 bits per heavy atom. The summed E-state index contributed by atoms with van der Waals surface area (Å²) < 4.78 is 44.7. The maximum absolute atomic E-state index is 13.2. The van der Waals surface area contributed by atoms with Gasteiger partial charge in [-0.05, 0) is 48.2 Å². The maximum atomic E-state index is 13.2. The van der Waals surface area contributed by atoms with Crippen molar-refractivity contribution in [2.75, 3.05) is 11.1 Å². The highest BCUT2D eigenvalue weighted by atomic mass is 32.2. The number of thioether (sulfide) groups is 1. The Bertz CT molecular complexity index is 990. The lowest BCUT2D eigenvalue weighted by atomic mass is 9.99. The van der Waals surface area contributed by atoms with Gasteiger partial charge in [-0.2, -0.15) is 13.2 Å². The largest absolute Gasteiger partial charge is 0.463 e. The van der Waals surface area contributed by atoms with E-state index in [1.165, 1.54) is 17.9 Å². The Kier molecular flexibility index (Phi) is 6.81. The van der Waals surface area contributed by atoms with Gasteiger partial charge in [-0.3, -0.25) is 4.79 Å². The van der Waals surface area contributed by atoms with Gasteiger partial charge in [0.25, 0.3) is 0 Å². The summed E-state index contributed by atoms with van der Waals surface area (Å²) in [7, 11) is 0. The first-order chi connectivity index (χ1) is 14.3. The van der Waals surface area contributed by atoms with Crippen molar-refractivity contribution in [3.05, 3.63) is 60.0 Å². The van der Waals surface area contributed by atoms with Gasteiger partial charge >= 0.3 is 6.18 Å². The van der Waals surface area contributed by atoms with Crippen LogP contribution in [0.2, 0.25) is 0 Å². The molecule has 0 saturated heterocycles. The number of anilines is 1. The van der Waals surface area contributed by atoms with E-state index >= 15 is 0 Å². The smallest absolute Gasteiger partial charge is 0.433 e. The number of nitrogens with one attached hydrogen (secondary N) is 1. The number of aromatic nitrogens is 2. The Labute approximate surface area is 176 Å². The molecule has 1 amide bonds. The van der Waals surface area contributed by atoms with Crippen LogP contribution in [0.1, 0.15) is 37.4 Å². The van der Waals surface area contributed by atoms with Crippen molar-refractivity contribution in [2.45, 2.75) is 37.5 Å². The maximum Gasteiger partial charge on any atom is 0.433 e. The summed E-state index contributed by atoms with van der Waals surface area (Å²) in [5, 5.41) is 2.57. The molecule has 30 heavy (non-hydrogen) atoms. The van der Waals surface area contributed by atoms with Crippen molar-refractivity contribution in [3.8, 4) is 11.5 Å². The Morgan fingerprint density at radius 1 is 1.20 bits per heavy atom. The first-order valence-corrected chi connectivity index (χ1v) is 10.3. The number of carbonyl (C=O) groups excluding carboxylic acids is 1. The normalized spacial score (nSPS) is 12.6. The van der Waals surface area contributed by atoms with Crippen molar-refractivity contribution in [3.63, 3.8) is 0 Å². The molecular formula is C21H20F3N3O2S. The van der Waals surface area contributed by atoms with E-state index < -0.39 is 11.9 Å². The molecule has 0 fully saturated rings. The van der Waals surface area contributed by atoms with Gasteiger partial charge in [0.05, 0.1) is 12.0 Å². The summed E-state index contributed by atoms with van der Waals surface area (Å²) in [6, 6.07) is 11.4. The van der Waals surface area contributed by atoms with Gasteiger partial charge in [-0.1, -0.05) is 37.7 Å². The number of benzene rings is 1. The average Bonchev–Trinajstić information content (AvgIpc) is 3.26. The first-order valence-electron chi connectivity index (χ1n) is 9.29. The van der Waals surface area contributed by atoms with Crippen molar-refractivity contribution >= 4 is 23.4 Å². The van der Waals surface area contributed by atoms with Crippen molar-refractivity contribution < 1.29 is 22.4 Å². The second-order valence-electron chi connectivity index (χ2n) is 6.66. The Balaban J connectivity index is 1.68. The van der Waals surface area contributed by atoms with Crippen LogP contribution in [-0.4, -0.2) is 21.6 Å². The predicted octanol–water partition coefficient (Wildman–Crippen LogP) is 6.00. The molecule has 158 valence electrons. The molecule has 3 aromatic rings. The van der Waals surface area contributed by atoms with E-state index in [4.69, 9.17) is 4.42 Å². The molecule has 3 rings (SSSR count). The zero-order valence-electron chi connectivity index (χ0n) is 16.4. The fourth-order valence-corrected chi connectivity index (χ4v) is 3.30. The highest BCUT2D eigenvalue weighted by molar-refractivity contribution is 7.99. The molecule has 9 heteroatoms. The number of carbonyl (C=O) groups is 1. The number of furan rings is 1.